The van der Waals surface area contributed by atoms with Crippen molar-refractivity contribution in [2.24, 2.45) is 5.18 Å². The van der Waals surface area contributed by atoms with Gasteiger partial charge in [0.15, 0.2) is 6.29 Å². The smallest absolute Gasteiger partial charge is 0.257 e. The van der Waals surface area contributed by atoms with Crippen molar-refractivity contribution in [2.45, 2.75) is 26.3 Å². The van der Waals surface area contributed by atoms with Gasteiger partial charge >= 0.3 is 0 Å². The van der Waals surface area contributed by atoms with E-state index in [2.05, 4.69) is 20.5 Å². The summed E-state index contributed by atoms with van der Waals surface area (Å²) in [5.74, 6) is -0.756. The summed E-state index contributed by atoms with van der Waals surface area (Å²) in [6.07, 6.45) is 2.93. The largest absolute Gasteiger partial charge is 0.383 e. The molecule has 29 heavy (non-hydrogen) atoms. The highest BCUT2D eigenvalue weighted by Crippen LogP contribution is 2.13. The molecule has 0 radical (unpaired) electrons. The Hall–Kier alpha value is -3.82. The number of nitrogens with two attached hydrogens (primary N) is 2. The van der Waals surface area contributed by atoms with Crippen molar-refractivity contribution in [3.63, 3.8) is 0 Å². The van der Waals surface area contributed by atoms with Gasteiger partial charge in [0, 0.05) is 18.7 Å². The SMILES string of the molecule is CC.Nc1nc(N)c(CC(CNc2ccc(/C=C/C(=O)C=O)cc2)N=O)c(=O)[nH]1. The normalized spacial score (nSPS) is 11.2. The van der Waals surface area contributed by atoms with Crippen molar-refractivity contribution in [3.05, 3.63) is 56.7 Å². The molecule has 1 heterocycles. The van der Waals surface area contributed by atoms with Crippen molar-refractivity contribution in [1.82, 2.24) is 9.97 Å². The highest BCUT2D eigenvalue weighted by molar-refractivity contribution is 6.31. The Morgan fingerprint density at radius 2 is 1.93 bits per heavy atom. The van der Waals surface area contributed by atoms with Gasteiger partial charge in [0.1, 0.15) is 11.9 Å². The number of hydrogen-bond donors (Lipinski definition) is 4. The Bertz CT molecular complexity index is 921. The molecule has 2 rings (SSSR count). The molecule has 154 valence electrons. The molecule has 10 nitrogen and oxygen atoms in total. The fourth-order valence-corrected chi connectivity index (χ4v) is 2.28. The number of hydrogen-bond acceptors (Lipinski definition) is 9. The number of aromatic amines is 1. The second-order valence-corrected chi connectivity index (χ2v) is 5.63. The monoisotopic (exact) mass is 400 g/mol. The van der Waals surface area contributed by atoms with Gasteiger partial charge in [-0.05, 0) is 23.8 Å². The lowest BCUT2D eigenvalue weighted by molar-refractivity contribution is -0.126. The molecular formula is C19H24N6O4. The number of carbonyl (C=O) groups is 2. The number of aldehydes is 1. The molecule has 10 heteroatoms. The number of H-pyrrole nitrogens is 1. The maximum absolute atomic E-state index is 11.9. The van der Waals surface area contributed by atoms with E-state index in [1.165, 1.54) is 12.2 Å². The van der Waals surface area contributed by atoms with Crippen LogP contribution in [0.4, 0.5) is 17.5 Å². The Morgan fingerprint density at radius 3 is 2.48 bits per heavy atom. The molecule has 1 atom stereocenters. The maximum Gasteiger partial charge on any atom is 0.257 e. The minimum absolute atomic E-state index is 0.0135. The number of nitrogens with zero attached hydrogens (tertiary/aromatic N) is 2. The molecule has 0 aliphatic heterocycles. The quantitative estimate of drug-likeness (QED) is 0.212. The first-order chi connectivity index (χ1) is 13.9. The van der Waals surface area contributed by atoms with Crippen LogP contribution in [0, 0.1) is 4.91 Å². The van der Waals surface area contributed by atoms with E-state index in [1.807, 2.05) is 13.8 Å². The minimum Gasteiger partial charge on any atom is -0.383 e. The van der Waals surface area contributed by atoms with Crippen molar-refractivity contribution in [2.75, 3.05) is 23.3 Å². The molecule has 1 aromatic carbocycles. The Morgan fingerprint density at radius 1 is 1.28 bits per heavy atom. The van der Waals surface area contributed by atoms with Crippen LogP contribution in [0.15, 0.2) is 40.3 Å². The van der Waals surface area contributed by atoms with E-state index in [-0.39, 0.29) is 36.6 Å². The van der Waals surface area contributed by atoms with Crippen LogP contribution in [0.25, 0.3) is 6.08 Å². The number of rotatable bonds is 9. The summed E-state index contributed by atoms with van der Waals surface area (Å²) in [5.41, 5.74) is 12.2. The van der Waals surface area contributed by atoms with Gasteiger partial charge in [-0.25, -0.2) is 0 Å². The predicted molar refractivity (Wildman–Crippen MR) is 113 cm³/mol. The van der Waals surface area contributed by atoms with Crippen molar-refractivity contribution in [3.8, 4) is 0 Å². The number of carbonyl (C=O) groups excluding carboxylic acids is 2. The predicted octanol–water partition coefficient (Wildman–Crippen LogP) is 1.53. The molecule has 0 spiro atoms. The Balaban J connectivity index is 0.00000204. The van der Waals surface area contributed by atoms with E-state index in [0.29, 0.717) is 5.69 Å². The average Bonchev–Trinajstić information content (AvgIpc) is 2.73. The summed E-state index contributed by atoms with van der Waals surface area (Å²) in [6, 6.07) is 6.18. The molecule has 0 saturated heterocycles. The highest BCUT2D eigenvalue weighted by atomic mass is 16.3. The first-order valence-corrected chi connectivity index (χ1v) is 8.90. The van der Waals surface area contributed by atoms with Gasteiger partial charge in [0.05, 0.1) is 5.56 Å². The zero-order valence-electron chi connectivity index (χ0n) is 16.2. The fourth-order valence-electron chi connectivity index (χ4n) is 2.28. The van der Waals surface area contributed by atoms with Crippen molar-refractivity contribution in [1.29, 1.82) is 0 Å². The number of nitrogen functional groups attached to an aromatic ring is 2. The third-order valence-corrected chi connectivity index (χ3v) is 3.66. The summed E-state index contributed by atoms with van der Waals surface area (Å²) >= 11 is 0. The lowest BCUT2D eigenvalue weighted by atomic mass is 10.1. The number of anilines is 3. The summed E-state index contributed by atoms with van der Waals surface area (Å²) in [6.45, 7) is 4.17. The topological polar surface area (TPSA) is 173 Å². The van der Waals surface area contributed by atoms with Crippen molar-refractivity contribution >= 4 is 35.6 Å². The Kier molecular flexibility index (Phi) is 9.45. The zero-order chi connectivity index (χ0) is 21.8. The highest BCUT2D eigenvalue weighted by Gasteiger charge is 2.16. The molecular weight excluding hydrogens is 376 g/mol. The van der Waals surface area contributed by atoms with Gasteiger partial charge in [-0.1, -0.05) is 37.2 Å². The standard InChI is InChI=1S/C17H18N6O4.C2H6/c18-15-14(16(26)22-17(19)21-15)7-12(23-27)8-20-11-4-1-10(2-5-11)3-6-13(25)9-24;1-2/h1-6,9,12,20H,7-8H2,(H5,18,19,21,22,26);1-2H3/b6-3+;. The molecule has 0 aliphatic rings. The number of ketones is 1. The molecule has 0 fully saturated rings. The first-order valence-electron chi connectivity index (χ1n) is 8.90. The van der Waals surface area contributed by atoms with Crippen LogP contribution in [0.3, 0.4) is 0 Å². The third kappa shape index (κ3) is 7.37. The van der Waals surface area contributed by atoms with Gasteiger partial charge in [0.25, 0.3) is 5.56 Å². The number of aromatic nitrogens is 2. The van der Waals surface area contributed by atoms with Crippen LogP contribution in [0.5, 0.6) is 0 Å². The van der Waals surface area contributed by atoms with Crippen LogP contribution >= 0.6 is 0 Å². The molecule has 0 aliphatic carbocycles. The van der Waals surface area contributed by atoms with Gasteiger partial charge < -0.3 is 16.8 Å². The molecule has 0 saturated carbocycles. The van der Waals surface area contributed by atoms with Crippen LogP contribution in [-0.4, -0.2) is 34.6 Å². The minimum atomic E-state index is -0.747. The lowest BCUT2D eigenvalue weighted by Crippen LogP contribution is -2.26. The van der Waals surface area contributed by atoms with Crippen LogP contribution < -0.4 is 22.3 Å². The number of benzene rings is 1. The summed E-state index contributed by atoms with van der Waals surface area (Å²) in [7, 11) is 0. The van der Waals surface area contributed by atoms with Gasteiger partial charge in [-0.3, -0.25) is 19.4 Å². The lowest BCUT2D eigenvalue weighted by Gasteiger charge is -2.12. The molecule has 2 aromatic rings. The average molecular weight is 400 g/mol. The number of allylic oxidation sites excluding steroid dienone is 1. The number of nitrogens with one attached hydrogen (secondary N) is 2. The molecule has 0 amide bonds. The van der Waals surface area contributed by atoms with E-state index in [1.54, 1.807) is 24.3 Å². The fraction of sp³-hybridized carbons (Fsp3) is 0.263. The number of nitroso groups, excluding NO2 is 1. The molecule has 6 N–H and O–H groups in total. The maximum atomic E-state index is 11.9. The van der Waals surface area contributed by atoms with E-state index in [0.717, 1.165) is 5.56 Å². The van der Waals surface area contributed by atoms with Gasteiger partial charge in [0.2, 0.25) is 11.7 Å². The van der Waals surface area contributed by atoms with Crippen LogP contribution in [0.2, 0.25) is 0 Å². The Labute approximate surface area is 167 Å². The first kappa shape index (κ1) is 23.2. The summed E-state index contributed by atoms with van der Waals surface area (Å²) in [5, 5.41) is 6.05. The van der Waals surface area contributed by atoms with E-state index >= 15 is 0 Å². The molecule has 1 aromatic heterocycles. The summed E-state index contributed by atoms with van der Waals surface area (Å²) < 4.78 is 0. The second-order valence-electron chi connectivity index (χ2n) is 5.63. The molecule has 1 unspecified atom stereocenters. The molecule has 0 bridgehead atoms. The van der Waals surface area contributed by atoms with Gasteiger partial charge in [-0.15, -0.1) is 0 Å². The van der Waals surface area contributed by atoms with Crippen LogP contribution in [-0.2, 0) is 16.0 Å². The van der Waals surface area contributed by atoms with Crippen molar-refractivity contribution < 1.29 is 9.59 Å². The van der Waals surface area contributed by atoms with E-state index < -0.39 is 17.4 Å². The van der Waals surface area contributed by atoms with Gasteiger partial charge in [-0.2, -0.15) is 9.89 Å². The third-order valence-electron chi connectivity index (χ3n) is 3.66. The zero-order valence-corrected chi connectivity index (χ0v) is 16.2. The second kappa shape index (κ2) is 11.8. The summed E-state index contributed by atoms with van der Waals surface area (Å²) in [4.78, 5) is 50.3. The van der Waals surface area contributed by atoms with E-state index in [9.17, 15) is 19.3 Å². The van der Waals surface area contributed by atoms with Crippen LogP contribution in [0.1, 0.15) is 25.0 Å². The van der Waals surface area contributed by atoms with E-state index in [4.69, 9.17) is 11.5 Å².